The fourth-order valence-corrected chi connectivity index (χ4v) is 3.09. The Morgan fingerprint density at radius 2 is 2.29 bits per heavy atom. The quantitative estimate of drug-likeness (QED) is 0.810. The SMILES string of the molecule is CCC(O)CCC1CCCc2c(OCC(=O)O)cccc21. The maximum Gasteiger partial charge on any atom is 0.341 e. The summed E-state index contributed by atoms with van der Waals surface area (Å²) >= 11 is 0. The summed E-state index contributed by atoms with van der Waals surface area (Å²) in [5.74, 6) is 0.199. The molecule has 1 aliphatic rings. The molecule has 0 saturated carbocycles. The van der Waals surface area contributed by atoms with Crippen molar-refractivity contribution in [3.8, 4) is 5.75 Å². The van der Waals surface area contributed by atoms with Crippen molar-refractivity contribution in [2.75, 3.05) is 6.61 Å². The van der Waals surface area contributed by atoms with E-state index < -0.39 is 5.97 Å². The highest BCUT2D eigenvalue weighted by atomic mass is 16.5. The van der Waals surface area contributed by atoms with Crippen LogP contribution >= 0.6 is 0 Å². The highest BCUT2D eigenvalue weighted by molar-refractivity contribution is 5.68. The third-order valence-corrected chi connectivity index (χ3v) is 4.26. The minimum atomic E-state index is -0.953. The topological polar surface area (TPSA) is 66.8 Å². The van der Waals surface area contributed by atoms with Crippen molar-refractivity contribution in [3.63, 3.8) is 0 Å². The van der Waals surface area contributed by atoms with Crippen LogP contribution < -0.4 is 4.74 Å². The number of benzene rings is 1. The molecule has 0 bridgehead atoms. The van der Waals surface area contributed by atoms with Crippen LogP contribution in [0.2, 0.25) is 0 Å². The van der Waals surface area contributed by atoms with Gasteiger partial charge in [0.2, 0.25) is 0 Å². The van der Waals surface area contributed by atoms with Gasteiger partial charge in [0.1, 0.15) is 5.75 Å². The van der Waals surface area contributed by atoms with Gasteiger partial charge in [-0.3, -0.25) is 0 Å². The number of carbonyl (C=O) groups is 1. The van der Waals surface area contributed by atoms with Crippen LogP contribution in [-0.2, 0) is 11.2 Å². The molecule has 4 nitrogen and oxygen atoms in total. The van der Waals surface area contributed by atoms with Gasteiger partial charge in [-0.15, -0.1) is 0 Å². The zero-order valence-corrected chi connectivity index (χ0v) is 12.5. The molecule has 1 aliphatic carbocycles. The first-order valence-electron chi connectivity index (χ1n) is 7.76. The lowest BCUT2D eigenvalue weighted by Gasteiger charge is -2.27. The van der Waals surface area contributed by atoms with E-state index in [1.165, 1.54) is 5.56 Å². The molecule has 21 heavy (non-hydrogen) atoms. The van der Waals surface area contributed by atoms with Crippen LogP contribution in [0.25, 0.3) is 0 Å². The predicted octanol–water partition coefficient (Wildman–Crippen LogP) is 3.12. The van der Waals surface area contributed by atoms with Gasteiger partial charge in [-0.2, -0.15) is 0 Å². The highest BCUT2D eigenvalue weighted by Gasteiger charge is 2.23. The Hall–Kier alpha value is -1.55. The minimum Gasteiger partial charge on any atom is -0.482 e. The Kier molecular flexibility index (Phi) is 5.62. The summed E-state index contributed by atoms with van der Waals surface area (Å²) in [7, 11) is 0. The van der Waals surface area contributed by atoms with Gasteiger partial charge in [-0.05, 0) is 61.6 Å². The van der Waals surface area contributed by atoms with Gasteiger partial charge in [0.05, 0.1) is 6.10 Å². The molecule has 2 N–H and O–H groups in total. The van der Waals surface area contributed by atoms with Gasteiger partial charge in [-0.1, -0.05) is 19.1 Å². The van der Waals surface area contributed by atoms with Crippen LogP contribution in [0.15, 0.2) is 18.2 Å². The first kappa shape index (κ1) is 15.8. The van der Waals surface area contributed by atoms with Crippen LogP contribution in [-0.4, -0.2) is 28.9 Å². The summed E-state index contributed by atoms with van der Waals surface area (Å²) in [6.45, 7) is 1.70. The van der Waals surface area contributed by atoms with Gasteiger partial charge >= 0.3 is 5.97 Å². The normalized spacial score (nSPS) is 18.9. The molecule has 0 fully saturated rings. The lowest BCUT2D eigenvalue weighted by Crippen LogP contribution is -2.16. The zero-order chi connectivity index (χ0) is 15.2. The zero-order valence-electron chi connectivity index (χ0n) is 12.5. The van der Waals surface area contributed by atoms with Crippen molar-refractivity contribution >= 4 is 5.97 Å². The lowest BCUT2D eigenvalue weighted by molar-refractivity contribution is -0.139. The smallest absolute Gasteiger partial charge is 0.341 e. The van der Waals surface area contributed by atoms with Crippen LogP contribution in [0.3, 0.4) is 0 Å². The van der Waals surface area contributed by atoms with Crippen LogP contribution in [0, 0.1) is 0 Å². The summed E-state index contributed by atoms with van der Waals surface area (Å²) in [5.41, 5.74) is 2.42. The number of hydrogen-bond acceptors (Lipinski definition) is 3. The molecule has 0 saturated heterocycles. The van der Waals surface area contributed by atoms with Gasteiger partial charge in [0, 0.05) is 0 Å². The number of rotatable bonds is 7. The molecule has 2 unspecified atom stereocenters. The second-order valence-corrected chi connectivity index (χ2v) is 5.73. The number of aliphatic hydroxyl groups excluding tert-OH is 1. The molecule has 2 rings (SSSR count). The average Bonchev–Trinajstić information content (AvgIpc) is 2.50. The Labute approximate surface area is 125 Å². The van der Waals surface area contributed by atoms with Crippen LogP contribution in [0.1, 0.15) is 56.1 Å². The molecule has 1 aromatic carbocycles. The molecule has 0 amide bonds. The van der Waals surface area contributed by atoms with E-state index in [9.17, 15) is 9.90 Å². The average molecular weight is 292 g/mol. The number of carboxylic acid groups (broad SMARTS) is 1. The molecule has 1 aromatic rings. The van der Waals surface area contributed by atoms with E-state index >= 15 is 0 Å². The Morgan fingerprint density at radius 1 is 1.48 bits per heavy atom. The molecule has 0 aromatic heterocycles. The number of ether oxygens (including phenoxy) is 1. The Balaban J connectivity index is 2.11. The highest BCUT2D eigenvalue weighted by Crippen LogP contribution is 2.39. The summed E-state index contributed by atoms with van der Waals surface area (Å²) in [6, 6.07) is 5.90. The number of hydrogen-bond donors (Lipinski definition) is 2. The number of aliphatic carboxylic acids is 1. The van der Waals surface area contributed by atoms with Crippen molar-refractivity contribution in [3.05, 3.63) is 29.3 Å². The largest absolute Gasteiger partial charge is 0.482 e. The number of fused-ring (bicyclic) bond motifs is 1. The van der Waals surface area contributed by atoms with E-state index in [2.05, 4.69) is 6.07 Å². The third-order valence-electron chi connectivity index (χ3n) is 4.26. The van der Waals surface area contributed by atoms with Gasteiger partial charge in [-0.25, -0.2) is 4.79 Å². The maximum atomic E-state index is 10.7. The summed E-state index contributed by atoms with van der Waals surface area (Å²) in [6.07, 6.45) is 5.53. The van der Waals surface area contributed by atoms with Crippen molar-refractivity contribution in [2.24, 2.45) is 0 Å². The number of aliphatic hydroxyl groups is 1. The minimum absolute atomic E-state index is 0.221. The van der Waals surface area contributed by atoms with E-state index in [0.29, 0.717) is 11.7 Å². The monoisotopic (exact) mass is 292 g/mol. The fourth-order valence-electron chi connectivity index (χ4n) is 3.09. The van der Waals surface area contributed by atoms with Gasteiger partial charge in [0.15, 0.2) is 6.61 Å². The third kappa shape index (κ3) is 4.21. The summed E-state index contributed by atoms with van der Waals surface area (Å²) in [5, 5.41) is 18.5. The Morgan fingerprint density at radius 3 is 3.00 bits per heavy atom. The maximum absolute atomic E-state index is 10.7. The van der Waals surface area contributed by atoms with Crippen molar-refractivity contribution in [1.82, 2.24) is 0 Å². The summed E-state index contributed by atoms with van der Waals surface area (Å²) in [4.78, 5) is 10.7. The molecular weight excluding hydrogens is 268 g/mol. The van der Waals surface area contributed by atoms with Gasteiger partial charge in [0.25, 0.3) is 0 Å². The lowest BCUT2D eigenvalue weighted by atomic mass is 9.79. The summed E-state index contributed by atoms with van der Waals surface area (Å²) < 4.78 is 5.41. The molecular formula is C17H24O4. The van der Waals surface area contributed by atoms with E-state index in [-0.39, 0.29) is 12.7 Å². The molecule has 0 radical (unpaired) electrons. The molecule has 2 atom stereocenters. The first-order chi connectivity index (χ1) is 10.1. The van der Waals surface area contributed by atoms with Crippen molar-refractivity contribution in [1.29, 1.82) is 0 Å². The van der Waals surface area contributed by atoms with E-state index in [1.807, 2.05) is 19.1 Å². The Bertz CT molecular complexity index is 484. The van der Waals surface area contributed by atoms with Crippen molar-refractivity contribution in [2.45, 2.75) is 57.5 Å². The predicted molar refractivity (Wildman–Crippen MR) is 80.8 cm³/mol. The molecule has 116 valence electrons. The van der Waals surface area contributed by atoms with E-state index in [0.717, 1.165) is 44.1 Å². The first-order valence-corrected chi connectivity index (χ1v) is 7.76. The van der Waals surface area contributed by atoms with Crippen LogP contribution in [0.4, 0.5) is 0 Å². The molecule has 0 aliphatic heterocycles. The number of carboxylic acids is 1. The molecule has 0 heterocycles. The van der Waals surface area contributed by atoms with Crippen molar-refractivity contribution < 1.29 is 19.7 Å². The second kappa shape index (κ2) is 7.46. The van der Waals surface area contributed by atoms with Crippen LogP contribution in [0.5, 0.6) is 5.75 Å². The van der Waals surface area contributed by atoms with E-state index in [1.54, 1.807) is 0 Å². The van der Waals surface area contributed by atoms with Gasteiger partial charge < -0.3 is 14.9 Å². The fraction of sp³-hybridized carbons (Fsp3) is 0.588. The second-order valence-electron chi connectivity index (χ2n) is 5.73. The molecule has 0 spiro atoms. The standard InChI is InChI=1S/C17H24O4/c1-2-13(18)10-9-12-5-3-7-15-14(12)6-4-8-16(15)21-11-17(19)20/h4,6,8,12-13,18H,2-3,5,7,9-11H2,1H3,(H,19,20). The van der Waals surface area contributed by atoms with E-state index in [4.69, 9.17) is 9.84 Å². The molecule has 4 heteroatoms.